The predicted molar refractivity (Wildman–Crippen MR) is 192 cm³/mol. The summed E-state index contributed by atoms with van der Waals surface area (Å²) in [4.78, 5) is 18.4. The number of carbonyl (C=O) groups is 1. The summed E-state index contributed by atoms with van der Waals surface area (Å²) in [6.45, 7) is 0.652. The lowest BCUT2D eigenvalue weighted by molar-refractivity contribution is 0.102. The van der Waals surface area contributed by atoms with E-state index in [1.807, 2.05) is 42.5 Å². The Hall–Kier alpha value is -4.77. The van der Waals surface area contributed by atoms with Crippen LogP contribution >= 0.6 is 34.5 Å². The highest BCUT2D eigenvalue weighted by Gasteiger charge is 2.20. The molecule has 0 spiro atoms. The molecular formula is C36H31Cl2N7O2S. The molecule has 12 heteroatoms. The summed E-state index contributed by atoms with van der Waals surface area (Å²) in [5, 5.41) is 21.1. The second-order valence-electron chi connectivity index (χ2n) is 11.4. The van der Waals surface area contributed by atoms with Crippen molar-refractivity contribution in [2.45, 2.75) is 38.6 Å². The van der Waals surface area contributed by atoms with Crippen LogP contribution in [0, 0.1) is 0 Å². The summed E-state index contributed by atoms with van der Waals surface area (Å²) in [7, 11) is 1.67. The van der Waals surface area contributed by atoms with Crippen LogP contribution in [0.1, 0.15) is 38.0 Å². The molecule has 0 unspecified atom stereocenters. The van der Waals surface area contributed by atoms with Gasteiger partial charge in [-0.15, -0.1) is 21.5 Å². The molecule has 48 heavy (non-hydrogen) atoms. The number of tetrazole rings is 1. The van der Waals surface area contributed by atoms with Crippen molar-refractivity contribution in [3.63, 3.8) is 0 Å². The number of rotatable bonds is 12. The Morgan fingerprint density at radius 3 is 2.44 bits per heavy atom. The van der Waals surface area contributed by atoms with Crippen LogP contribution in [-0.4, -0.2) is 43.2 Å². The average Bonchev–Trinajstić information content (AvgIpc) is 3.84. The largest absolute Gasteiger partial charge is 0.497 e. The van der Waals surface area contributed by atoms with Crippen LogP contribution < -0.4 is 10.1 Å². The van der Waals surface area contributed by atoms with E-state index in [4.69, 9.17) is 32.9 Å². The molecule has 0 saturated carbocycles. The third-order valence-corrected chi connectivity index (χ3v) is 9.99. The van der Waals surface area contributed by atoms with E-state index in [1.54, 1.807) is 42.7 Å². The fourth-order valence-electron chi connectivity index (χ4n) is 6.01. The standard InChI is InChI=1S/C36H31Cl2N7O2S/c1-47-27-12-16-33-30(21-27)40-35(48-33)17-15-31-28(13-4-22-2-6-24(37)7-3-22)29-20-23(36(46)39-26-10-8-25(38)9-11-26)5-14-32(29)45(31)19-18-34-41-43-44-42-34/h2-3,5-12,14,16,20-21H,4,13,15,17-19H2,1H3,(H,39,46)(H,41,42,43,44). The number of hydrogen-bond acceptors (Lipinski definition) is 7. The predicted octanol–water partition coefficient (Wildman–Crippen LogP) is 8.14. The quantitative estimate of drug-likeness (QED) is 0.134. The van der Waals surface area contributed by atoms with Crippen LogP contribution in [-0.2, 0) is 38.6 Å². The van der Waals surface area contributed by atoms with Crippen LogP contribution in [0.25, 0.3) is 21.1 Å². The molecule has 0 saturated heterocycles. The number of hydrogen-bond donors (Lipinski definition) is 2. The van der Waals surface area contributed by atoms with Crippen molar-refractivity contribution < 1.29 is 9.53 Å². The van der Waals surface area contributed by atoms with E-state index in [2.05, 4.69) is 48.7 Å². The number of aryl methyl sites for hydroxylation is 5. The van der Waals surface area contributed by atoms with Gasteiger partial charge in [-0.3, -0.25) is 4.79 Å². The molecule has 2 N–H and O–H groups in total. The summed E-state index contributed by atoms with van der Waals surface area (Å²) in [5.41, 5.74) is 6.84. The summed E-state index contributed by atoms with van der Waals surface area (Å²) >= 11 is 14.0. The molecule has 0 aliphatic rings. The molecule has 4 aromatic carbocycles. The summed E-state index contributed by atoms with van der Waals surface area (Å²) < 4.78 is 8.90. The van der Waals surface area contributed by atoms with Crippen LogP contribution in [0.5, 0.6) is 5.75 Å². The van der Waals surface area contributed by atoms with Gasteiger partial charge in [0, 0.05) is 63.3 Å². The van der Waals surface area contributed by atoms with E-state index in [0.29, 0.717) is 40.1 Å². The maximum atomic E-state index is 13.5. The minimum absolute atomic E-state index is 0.186. The highest BCUT2D eigenvalue weighted by Crippen LogP contribution is 2.32. The molecule has 3 aromatic heterocycles. The molecule has 242 valence electrons. The van der Waals surface area contributed by atoms with E-state index in [-0.39, 0.29) is 5.91 Å². The number of benzene rings is 4. The van der Waals surface area contributed by atoms with Crippen molar-refractivity contribution in [1.82, 2.24) is 30.2 Å². The smallest absolute Gasteiger partial charge is 0.255 e. The number of carbonyl (C=O) groups excluding carboxylic acids is 1. The van der Waals surface area contributed by atoms with Gasteiger partial charge in [0.25, 0.3) is 5.91 Å². The van der Waals surface area contributed by atoms with Crippen molar-refractivity contribution >= 4 is 67.3 Å². The molecule has 0 bridgehead atoms. The minimum Gasteiger partial charge on any atom is -0.497 e. The number of halogens is 2. The Balaban J connectivity index is 1.28. The molecule has 9 nitrogen and oxygen atoms in total. The molecule has 7 aromatic rings. The van der Waals surface area contributed by atoms with Crippen LogP contribution in [0.2, 0.25) is 10.0 Å². The molecule has 0 fully saturated rings. The first-order valence-electron chi connectivity index (χ1n) is 15.5. The zero-order valence-corrected chi connectivity index (χ0v) is 28.4. The van der Waals surface area contributed by atoms with Crippen molar-refractivity contribution in [2.75, 3.05) is 12.4 Å². The fraction of sp³-hybridized carbons (Fsp3) is 0.194. The van der Waals surface area contributed by atoms with Crippen molar-refractivity contribution in [3.05, 3.63) is 128 Å². The van der Waals surface area contributed by atoms with E-state index < -0.39 is 0 Å². The van der Waals surface area contributed by atoms with Gasteiger partial charge in [-0.1, -0.05) is 40.5 Å². The van der Waals surface area contributed by atoms with Gasteiger partial charge in [0.15, 0.2) is 5.82 Å². The van der Waals surface area contributed by atoms with Crippen molar-refractivity contribution in [3.8, 4) is 5.75 Å². The number of aromatic nitrogens is 6. The maximum Gasteiger partial charge on any atom is 0.255 e. The van der Waals surface area contributed by atoms with Crippen LogP contribution in [0.3, 0.4) is 0 Å². The number of aromatic amines is 1. The number of thiazole rings is 1. The molecule has 0 radical (unpaired) electrons. The first-order valence-corrected chi connectivity index (χ1v) is 17.1. The highest BCUT2D eigenvalue weighted by atomic mass is 35.5. The Bertz CT molecular complexity index is 2190. The average molecular weight is 697 g/mol. The lowest BCUT2D eigenvalue weighted by Gasteiger charge is -2.12. The summed E-state index contributed by atoms with van der Waals surface area (Å²) in [6, 6.07) is 27.0. The van der Waals surface area contributed by atoms with Gasteiger partial charge in [0.05, 0.1) is 22.3 Å². The SMILES string of the molecule is COc1ccc2sc(CCc3c(CCc4ccc(Cl)cc4)c4cc(C(=O)Nc5ccc(Cl)cc5)ccc4n3CCc3nn[nH]n3)nc2c1. The van der Waals surface area contributed by atoms with Gasteiger partial charge < -0.3 is 14.6 Å². The number of amides is 1. The normalized spacial score (nSPS) is 11.4. The number of nitrogens with one attached hydrogen (secondary N) is 2. The zero-order valence-electron chi connectivity index (χ0n) is 26.0. The van der Waals surface area contributed by atoms with Gasteiger partial charge >= 0.3 is 0 Å². The Labute approximate surface area is 290 Å². The summed E-state index contributed by atoms with van der Waals surface area (Å²) in [6.07, 6.45) is 3.72. The lowest BCUT2D eigenvalue weighted by atomic mass is 9.99. The molecule has 0 aliphatic carbocycles. The second kappa shape index (κ2) is 14.1. The molecule has 7 rings (SSSR count). The van der Waals surface area contributed by atoms with Gasteiger partial charge in [-0.2, -0.15) is 5.21 Å². The highest BCUT2D eigenvalue weighted by molar-refractivity contribution is 7.18. The minimum atomic E-state index is -0.186. The van der Waals surface area contributed by atoms with Gasteiger partial charge in [-0.05, 0) is 97.1 Å². The number of ether oxygens (including phenoxy) is 1. The first kappa shape index (κ1) is 31.8. The number of fused-ring (bicyclic) bond motifs is 2. The Morgan fingerprint density at radius 1 is 0.896 bits per heavy atom. The molecule has 0 atom stereocenters. The second-order valence-corrected chi connectivity index (χ2v) is 13.4. The first-order chi connectivity index (χ1) is 23.4. The lowest BCUT2D eigenvalue weighted by Crippen LogP contribution is -2.11. The number of anilines is 1. The van der Waals surface area contributed by atoms with E-state index in [0.717, 1.165) is 57.6 Å². The number of methoxy groups -OCH3 is 1. The third-order valence-electron chi connectivity index (χ3n) is 8.39. The summed E-state index contributed by atoms with van der Waals surface area (Å²) in [5.74, 6) is 1.25. The maximum absolute atomic E-state index is 13.5. The monoisotopic (exact) mass is 695 g/mol. The molecule has 3 heterocycles. The Morgan fingerprint density at radius 2 is 1.69 bits per heavy atom. The topological polar surface area (TPSA) is 111 Å². The molecular weight excluding hydrogens is 665 g/mol. The third kappa shape index (κ3) is 7.06. The molecule has 0 aliphatic heterocycles. The van der Waals surface area contributed by atoms with Gasteiger partial charge in [-0.25, -0.2) is 4.98 Å². The van der Waals surface area contributed by atoms with Crippen LogP contribution in [0.4, 0.5) is 5.69 Å². The zero-order chi connectivity index (χ0) is 33.0. The Kier molecular flexibility index (Phi) is 9.38. The van der Waals surface area contributed by atoms with E-state index in [1.165, 1.54) is 16.8 Å². The number of H-pyrrole nitrogens is 1. The van der Waals surface area contributed by atoms with Crippen LogP contribution in [0.15, 0.2) is 84.9 Å². The fourth-order valence-corrected chi connectivity index (χ4v) is 7.21. The van der Waals surface area contributed by atoms with Gasteiger partial charge in [0.1, 0.15) is 5.75 Å². The van der Waals surface area contributed by atoms with Crippen molar-refractivity contribution in [1.29, 1.82) is 0 Å². The number of nitrogens with zero attached hydrogens (tertiary/aromatic N) is 5. The van der Waals surface area contributed by atoms with E-state index in [9.17, 15) is 4.79 Å². The van der Waals surface area contributed by atoms with Gasteiger partial charge in [0.2, 0.25) is 0 Å². The molecule has 1 amide bonds. The van der Waals surface area contributed by atoms with E-state index >= 15 is 0 Å². The van der Waals surface area contributed by atoms with Crippen molar-refractivity contribution in [2.24, 2.45) is 0 Å².